The monoisotopic (exact) mass is 339 g/mol. The number of hydrogen-bond acceptors (Lipinski definition) is 6. The molecule has 2 aliphatic rings. The molecule has 2 unspecified atom stereocenters. The summed E-state index contributed by atoms with van der Waals surface area (Å²) in [6.45, 7) is 1.54. The largest absolute Gasteiger partial charge is 0.369 e. The average Bonchev–Trinajstić information content (AvgIpc) is 3.27. The van der Waals surface area contributed by atoms with Crippen LogP contribution in [0.3, 0.4) is 0 Å². The van der Waals surface area contributed by atoms with Crippen LogP contribution in [0.1, 0.15) is 18.4 Å². The number of likely N-dealkylation sites (N-methyl/N-ethyl adjacent to an activating group) is 1. The summed E-state index contributed by atoms with van der Waals surface area (Å²) < 4.78 is 5.31. The van der Waals surface area contributed by atoms with E-state index in [0.29, 0.717) is 6.54 Å². The maximum atomic E-state index is 13.2. The number of piperidine rings is 1. The van der Waals surface area contributed by atoms with Crippen molar-refractivity contribution < 1.29 is 9.32 Å². The van der Waals surface area contributed by atoms with Crippen LogP contribution in [0.25, 0.3) is 0 Å². The van der Waals surface area contributed by atoms with Gasteiger partial charge < -0.3 is 15.2 Å². The van der Waals surface area contributed by atoms with E-state index < -0.39 is 5.54 Å². The van der Waals surface area contributed by atoms with Crippen molar-refractivity contribution in [1.29, 1.82) is 0 Å². The number of nitrogens with zero attached hydrogens (tertiary/aromatic N) is 4. The molecular formula is C18H21N5O2. The van der Waals surface area contributed by atoms with Gasteiger partial charge in [-0.15, -0.1) is 0 Å². The predicted molar refractivity (Wildman–Crippen MR) is 94.0 cm³/mol. The number of aromatic nitrogens is 1. The molecule has 1 amide bonds. The van der Waals surface area contributed by atoms with Crippen molar-refractivity contribution in [2.24, 2.45) is 16.6 Å². The summed E-state index contributed by atoms with van der Waals surface area (Å²) in [5.41, 5.74) is 5.94. The minimum Gasteiger partial charge on any atom is -0.369 e. The summed E-state index contributed by atoms with van der Waals surface area (Å²) in [7, 11) is 1.68. The molecule has 0 spiro atoms. The summed E-state index contributed by atoms with van der Waals surface area (Å²) >= 11 is 0. The third-order valence-electron chi connectivity index (χ3n) is 5.23. The minimum atomic E-state index is -0.973. The zero-order valence-electron chi connectivity index (χ0n) is 14.1. The van der Waals surface area contributed by atoms with E-state index in [-0.39, 0.29) is 17.8 Å². The molecule has 2 aliphatic heterocycles. The van der Waals surface area contributed by atoms with Gasteiger partial charge in [0, 0.05) is 32.1 Å². The fraction of sp³-hybridized carbons (Fsp3) is 0.389. The molecule has 0 aliphatic carbocycles. The van der Waals surface area contributed by atoms with Gasteiger partial charge >= 0.3 is 0 Å². The molecule has 1 saturated heterocycles. The lowest BCUT2D eigenvalue weighted by Crippen LogP contribution is -2.50. The van der Waals surface area contributed by atoms with Gasteiger partial charge in [0.15, 0.2) is 11.5 Å². The van der Waals surface area contributed by atoms with Crippen LogP contribution in [0.5, 0.6) is 0 Å². The van der Waals surface area contributed by atoms with Crippen molar-refractivity contribution in [2.75, 3.05) is 25.0 Å². The van der Waals surface area contributed by atoms with Gasteiger partial charge in [-0.1, -0.05) is 35.5 Å². The van der Waals surface area contributed by atoms with Crippen LogP contribution in [-0.4, -0.2) is 42.1 Å². The molecule has 1 fully saturated rings. The second kappa shape index (κ2) is 5.91. The number of carbonyl (C=O) groups excluding carboxylic acids is 1. The Bertz CT molecular complexity index is 789. The minimum absolute atomic E-state index is 0.00440. The highest BCUT2D eigenvalue weighted by Crippen LogP contribution is 2.43. The molecule has 130 valence electrons. The van der Waals surface area contributed by atoms with Crippen LogP contribution >= 0.6 is 0 Å². The Balaban J connectivity index is 1.76. The van der Waals surface area contributed by atoms with Crippen molar-refractivity contribution in [3.63, 3.8) is 0 Å². The van der Waals surface area contributed by atoms with Crippen molar-refractivity contribution in [2.45, 2.75) is 18.4 Å². The summed E-state index contributed by atoms with van der Waals surface area (Å²) in [6, 6.07) is 11.6. The van der Waals surface area contributed by atoms with Crippen molar-refractivity contribution in [3.8, 4) is 0 Å². The fourth-order valence-electron chi connectivity index (χ4n) is 3.94. The zero-order valence-corrected chi connectivity index (χ0v) is 14.1. The highest BCUT2D eigenvalue weighted by atomic mass is 16.5. The van der Waals surface area contributed by atoms with Crippen LogP contribution in [0.2, 0.25) is 0 Å². The number of benzene rings is 1. The molecule has 25 heavy (non-hydrogen) atoms. The quantitative estimate of drug-likeness (QED) is 0.917. The number of amides is 1. The molecule has 1 aromatic heterocycles. The number of guanidine groups is 1. The molecule has 2 atom stereocenters. The molecule has 7 nitrogen and oxygen atoms in total. The van der Waals surface area contributed by atoms with E-state index in [4.69, 9.17) is 10.3 Å². The lowest BCUT2D eigenvalue weighted by molar-refractivity contribution is -0.132. The summed E-state index contributed by atoms with van der Waals surface area (Å²) in [5, 5.41) is 3.80. The Morgan fingerprint density at radius 2 is 2.08 bits per heavy atom. The van der Waals surface area contributed by atoms with Gasteiger partial charge in [0.25, 0.3) is 5.91 Å². The molecule has 2 N–H and O–H groups in total. The molecular weight excluding hydrogens is 318 g/mol. The van der Waals surface area contributed by atoms with Crippen LogP contribution in [-0.2, 0) is 10.3 Å². The first kappa shape index (κ1) is 15.7. The number of hydrogen-bond donors (Lipinski definition) is 1. The Morgan fingerprint density at radius 3 is 2.72 bits per heavy atom. The van der Waals surface area contributed by atoms with Gasteiger partial charge in [-0.05, 0) is 18.4 Å². The van der Waals surface area contributed by atoms with E-state index in [1.165, 1.54) is 4.90 Å². The van der Waals surface area contributed by atoms with E-state index in [1.807, 2.05) is 36.4 Å². The molecule has 0 radical (unpaired) electrons. The first-order valence-corrected chi connectivity index (χ1v) is 8.47. The molecule has 7 heteroatoms. The SMILES string of the molecule is CN1C(=O)C(c2ccccc2)(C2CCCN(c3ccno3)C2)N=C1N. The standard InChI is InChI=1S/C18H21N5O2/c1-22-16(24)18(21-17(22)19,13-6-3-2-4-7-13)14-8-5-11-23(12-14)15-9-10-20-25-15/h2-4,6-7,9-10,14H,5,8,11-12H2,1H3,(H2,19,21). The first-order chi connectivity index (χ1) is 12.1. The predicted octanol–water partition coefficient (Wildman–Crippen LogP) is 1.57. The highest BCUT2D eigenvalue weighted by Gasteiger charge is 2.54. The summed E-state index contributed by atoms with van der Waals surface area (Å²) in [6.07, 6.45) is 3.48. The summed E-state index contributed by atoms with van der Waals surface area (Å²) in [5.74, 6) is 0.930. The zero-order chi connectivity index (χ0) is 17.4. The molecule has 1 aromatic carbocycles. The Kier molecular flexibility index (Phi) is 3.71. The van der Waals surface area contributed by atoms with Crippen molar-refractivity contribution in [3.05, 3.63) is 48.2 Å². The normalized spacial score (nSPS) is 26.8. The fourth-order valence-corrected chi connectivity index (χ4v) is 3.94. The van der Waals surface area contributed by atoms with Gasteiger partial charge in [0.1, 0.15) is 0 Å². The van der Waals surface area contributed by atoms with E-state index >= 15 is 0 Å². The van der Waals surface area contributed by atoms with Crippen LogP contribution in [0, 0.1) is 5.92 Å². The van der Waals surface area contributed by atoms with Gasteiger partial charge in [-0.3, -0.25) is 9.69 Å². The average molecular weight is 339 g/mol. The lowest BCUT2D eigenvalue weighted by Gasteiger charge is -2.40. The molecule has 0 bridgehead atoms. The van der Waals surface area contributed by atoms with Gasteiger partial charge in [0.2, 0.25) is 5.88 Å². The Morgan fingerprint density at radius 1 is 1.28 bits per heavy atom. The maximum absolute atomic E-state index is 13.2. The number of aliphatic imine (C=N–C) groups is 1. The van der Waals surface area contributed by atoms with Crippen LogP contribution < -0.4 is 10.6 Å². The van der Waals surface area contributed by atoms with Crippen LogP contribution in [0.15, 0.2) is 52.1 Å². The van der Waals surface area contributed by atoms with E-state index in [0.717, 1.165) is 30.8 Å². The van der Waals surface area contributed by atoms with Crippen LogP contribution in [0.4, 0.5) is 5.88 Å². The highest BCUT2D eigenvalue weighted by molar-refractivity contribution is 6.07. The Hall–Kier alpha value is -2.83. The maximum Gasteiger partial charge on any atom is 0.262 e. The Labute approximate surface area is 146 Å². The third-order valence-corrected chi connectivity index (χ3v) is 5.23. The van der Waals surface area contributed by atoms with E-state index in [9.17, 15) is 4.79 Å². The third kappa shape index (κ3) is 2.38. The first-order valence-electron chi connectivity index (χ1n) is 8.47. The molecule has 0 saturated carbocycles. The molecule has 2 aromatic rings. The second-order valence-electron chi connectivity index (χ2n) is 6.60. The molecule has 4 rings (SSSR count). The van der Waals surface area contributed by atoms with Crippen molar-refractivity contribution >= 4 is 17.8 Å². The number of nitrogens with two attached hydrogens (primary N) is 1. The van der Waals surface area contributed by atoms with E-state index in [2.05, 4.69) is 15.0 Å². The lowest BCUT2D eigenvalue weighted by atomic mass is 9.74. The number of carbonyl (C=O) groups is 1. The summed E-state index contributed by atoms with van der Waals surface area (Å²) in [4.78, 5) is 21.5. The topological polar surface area (TPSA) is 88.0 Å². The van der Waals surface area contributed by atoms with Gasteiger partial charge in [-0.2, -0.15) is 0 Å². The second-order valence-corrected chi connectivity index (χ2v) is 6.60. The number of anilines is 1. The van der Waals surface area contributed by atoms with Gasteiger partial charge in [-0.25, -0.2) is 4.99 Å². The van der Waals surface area contributed by atoms with E-state index in [1.54, 1.807) is 13.2 Å². The number of rotatable bonds is 3. The van der Waals surface area contributed by atoms with Crippen molar-refractivity contribution in [1.82, 2.24) is 10.1 Å². The molecule has 3 heterocycles. The smallest absolute Gasteiger partial charge is 0.262 e. The van der Waals surface area contributed by atoms with Gasteiger partial charge in [0.05, 0.1) is 6.20 Å².